The van der Waals surface area contributed by atoms with Crippen LogP contribution in [0.2, 0.25) is 5.02 Å². The number of fused-ring (bicyclic) bond motifs is 1. The van der Waals surface area contributed by atoms with Gasteiger partial charge in [0.1, 0.15) is 5.82 Å². The molecule has 0 saturated heterocycles. The first-order valence-electron chi connectivity index (χ1n) is 10.6. The summed E-state index contributed by atoms with van der Waals surface area (Å²) in [5.41, 5.74) is 1.72. The highest BCUT2D eigenvalue weighted by atomic mass is 35.5. The van der Waals surface area contributed by atoms with Crippen LogP contribution >= 0.6 is 11.6 Å². The zero-order valence-electron chi connectivity index (χ0n) is 18.2. The van der Waals surface area contributed by atoms with E-state index in [4.69, 9.17) is 11.6 Å². The van der Waals surface area contributed by atoms with Crippen molar-refractivity contribution in [2.45, 2.75) is 13.1 Å². The minimum atomic E-state index is -0.578. The van der Waals surface area contributed by atoms with Gasteiger partial charge in [0.25, 0.3) is 5.56 Å². The number of nitriles is 1. The Morgan fingerprint density at radius 1 is 0.943 bits per heavy atom. The molecular weight excluding hydrogens is 469 g/mol. The number of aromatic nitrogens is 4. The second kappa shape index (κ2) is 9.05. The summed E-state index contributed by atoms with van der Waals surface area (Å²) >= 11 is 6.04. The van der Waals surface area contributed by atoms with E-state index >= 15 is 0 Å². The summed E-state index contributed by atoms with van der Waals surface area (Å²) in [5.74, 6) is -0.409. The van der Waals surface area contributed by atoms with Gasteiger partial charge in [0, 0.05) is 11.6 Å². The lowest BCUT2D eigenvalue weighted by atomic mass is 10.1. The SMILES string of the molecule is N#Cc1cccc(Cn2cnc3c2c(=O)n(Cc2ccc(F)cc2)c(=O)n3-c2ccc(Cl)cc2)c1. The minimum Gasteiger partial charge on any atom is -0.320 e. The van der Waals surface area contributed by atoms with Gasteiger partial charge in [-0.1, -0.05) is 35.9 Å². The molecule has 0 aliphatic rings. The summed E-state index contributed by atoms with van der Waals surface area (Å²) in [6.45, 7) is 0.229. The van der Waals surface area contributed by atoms with E-state index in [9.17, 15) is 19.2 Å². The Balaban J connectivity index is 1.74. The third-order valence-electron chi connectivity index (χ3n) is 5.65. The van der Waals surface area contributed by atoms with Gasteiger partial charge in [-0.25, -0.2) is 18.7 Å². The highest BCUT2D eigenvalue weighted by molar-refractivity contribution is 6.30. The highest BCUT2D eigenvalue weighted by Crippen LogP contribution is 2.18. The summed E-state index contributed by atoms with van der Waals surface area (Å²) in [7, 11) is 0. The quantitative estimate of drug-likeness (QED) is 0.375. The van der Waals surface area contributed by atoms with Crippen LogP contribution in [0.25, 0.3) is 16.9 Å². The molecule has 0 radical (unpaired) electrons. The Morgan fingerprint density at radius 2 is 1.69 bits per heavy atom. The molecule has 2 heterocycles. The van der Waals surface area contributed by atoms with E-state index in [0.717, 1.165) is 10.1 Å². The molecule has 5 aromatic rings. The van der Waals surface area contributed by atoms with E-state index in [0.29, 0.717) is 21.8 Å². The summed E-state index contributed by atoms with van der Waals surface area (Å²) < 4.78 is 17.5. The predicted octanol–water partition coefficient (Wildman–Crippen LogP) is 4.11. The first kappa shape index (κ1) is 22.3. The van der Waals surface area contributed by atoms with Gasteiger partial charge in [0.15, 0.2) is 11.2 Å². The third-order valence-corrected chi connectivity index (χ3v) is 5.90. The first-order chi connectivity index (χ1) is 16.9. The summed E-state index contributed by atoms with van der Waals surface area (Å²) in [4.78, 5) is 31.5. The highest BCUT2D eigenvalue weighted by Gasteiger charge is 2.20. The van der Waals surface area contributed by atoms with Crippen LogP contribution in [0, 0.1) is 17.1 Å². The van der Waals surface area contributed by atoms with Crippen molar-refractivity contribution in [1.29, 1.82) is 5.26 Å². The lowest BCUT2D eigenvalue weighted by Gasteiger charge is -2.13. The van der Waals surface area contributed by atoms with E-state index in [1.165, 1.54) is 35.2 Å². The molecule has 3 aromatic carbocycles. The molecule has 0 aliphatic carbocycles. The fraction of sp³-hybridized carbons (Fsp3) is 0.0769. The Hall–Kier alpha value is -4.48. The average Bonchev–Trinajstić information content (AvgIpc) is 3.27. The van der Waals surface area contributed by atoms with Crippen LogP contribution in [-0.4, -0.2) is 18.7 Å². The topological polar surface area (TPSA) is 85.6 Å². The molecule has 0 amide bonds. The smallest absolute Gasteiger partial charge is 0.320 e. The summed E-state index contributed by atoms with van der Waals surface area (Å²) in [6.07, 6.45) is 1.50. The van der Waals surface area contributed by atoms with Crippen LogP contribution in [0.3, 0.4) is 0 Å². The number of halogens is 2. The molecule has 7 nitrogen and oxygen atoms in total. The van der Waals surface area contributed by atoms with Crippen LogP contribution in [0.5, 0.6) is 0 Å². The monoisotopic (exact) mass is 485 g/mol. The number of hydrogen-bond acceptors (Lipinski definition) is 4. The number of benzene rings is 3. The zero-order valence-corrected chi connectivity index (χ0v) is 19.0. The summed E-state index contributed by atoms with van der Waals surface area (Å²) in [5, 5.41) is 9.72. The van der Waals surface area contributed by atoms with Crippen molar-refractivity contribution in [3.63, 3.8) is 0 Å². The molecule has 0 spiro atoms. The fourth-order valence-corrected chi connectivity index (χ4v) is 4.10. The second-order valence-corrected chi connectivity index (χ2v) is 8.41. The Labute approximate surface area is 203 Å². The number of rotatable bonds is 5. The van der Waals surface area contributed by atoms with Gasteiger partial charge in [-0.05, 0) is 59.7 Å². The summed E-state index contributed by atoms with van der Waals surface area (Å²) in [6, 6.07) is 21.4. The van der Waals surface area contributed by atoms with Gasteiger partial charge < -0.3 is 4.57 Å². The molecule has 0 bridgehead atoms. The van der Waals surface area contributed by atoms with E-state index in [2.05, 4.69) is 11.1 Å². The van der Waals surface area contributed by atoms with Crippen molar-refractivity contribution >= 4 is 22.8 Å². The van der Waals surface area contributed by atoms with Crippen molar-refractivity contribution in [2.75, 3.05) is 0 Å². The lowest BCUT2D eigenvalue weighted by Crippen LogP contribution is -2.40. The number of imidazole rings is 1. The first-order valence-corrected chi connectivity index (χ1v) is 11.0. The van der Waals surface area contributed by atoms with Crippen molar-refractivity contribution in [3.8, 4) is 11.8 Å². The zero-order chi connectivity index (χ0) is 24.5. The Kier molecular flexibility index (Phi) is 5.77. The maximum Gasteiger partial charge on any atom is 0.337 e. The average molecular weight is 486 g/mol. The predicted molar refractivity (Wildman–Crippen MR) is 130 cm³/mol. The standard InChI is InChI=1S/C26H17ClFN5O2/c27-20-6-10-22(11-7-20)33-24-23(31(16-30-24)14-19-3-1-2-18(12-19)13-29)25(34)32(26(33)35)15-17-4-8-21(28)9-5-17/h1-12,16H,14-15H2. The molecule has 0 unspecified atom stereocenters. The number of nitrogens with zero attached hydrogens (tertiary/aromatic N) is 5. The maximum atomic E-state index is 13.6. The maximum absolute atomic E-state index is 13.6. The molecular formula is C26H17ClFN5O2. The minimum absolute atomic E-state index is 0.0451. The van der Waals surface area contributed by atoms with Gasteiger partial charge in [-0.2, -0.15) is 5.26 Å². The van der Waals surface area contributed by atoms with Crippen LogP contribution in [0.1, 0.15) is 16.7 Å². The van der Waals surface area contributed by atoms with Gasteiger partial charge in [0.05, 0.1) is 30.2 Å². The molecule has 9 heteroatoms. The number of hydrogen-bond donors (Lipinski definition) is 0. The van der Waals surface area contributed by atoms with Crippen molar-refractivity contribution in [3.05, 3.63) is 127 Å². The fourth-order valence-electron chi connectivity index (χ4n) is 3.97. The lowest BCUT2D eigenvalue weighted by molar-refractivity contribution is 0.624. The molecule has 35 heavy (non-hydrogen) atoms. The molecule has 0 atom stereocenters. The van der Waals surface area contributed by atoms with Gasteiger partial charge in [-0.15, -0.1) is 0 Å². The molecule has 0 N–H and O–H groups in total. The van der Waals surface area contributed by atoms with Crippen LogP contribution < -0.4 is 11.2 Å². The van der Waals surface area contributed by atoms with Gasteiger partial charge in [0.2, 0.25) is 0 Å². The van der Waals surface area contributed by atoms with E-state index < -0.39 is 17.1 Å². The van der Waals surface area contributed by atoms with Crippen LogP contribution in [0.15, 0.2) is 88.7 Å². The molecule has 0 aliphatic heterocycles. The molecule has 172 valence electrons. The molecule has 5 rings (SSSR count). The van der Waals surface area contributed by atoms with Gasteiger partial charge >= 0.3 is 5.69 Å². The molecule has 0 saturated carbocycles. The normalized spacial score (nSPS) is 11.0. The van der Waals surface area contributed by atoms with E-state index in [1.54, 1.807) is 47.0 Å². The molecule has 2 aromatic heterocycles. The Morgan fingerprint density at radius 3 is 2.40 bits per heavy atom. The van der Waals surface area contributed by atoms with E-state index in [1.807, 2.05) is 6.07 Å². The van der Waals surface area contributed by atoms with E-state index in [-0.39, 0.29) is 24.3 Å². The molecule has 0 fully saturated rings. The van der Waals surface area contributed by atoms with Crippen molar-refractivity contribution < 1.29 is 4.39 Å². The van der Waals surface area contributed by atoms with Crippen LogP contribution in [-0.2, 0) is 13.1 Å². The van der Waals surface area contributed by atoms with Crippen molar-refractivity contribution in [2.24, 2.45) is 0 Å². The second-order valence-electron chi connectivity index (χ2n) is 7.97. The van der Waals surface area contributed by atoms with Crippen LogP contribution in [0.4, 0.5) is 4.39 Å². The Bertz CT molecular complexity index is 1710. The largest absolute Gasteiger partial charge is 0.337 e. The third kappa shape index (κ3) is 4.25. The van der Waals surface area contributed by atoms with Gasteiger partial charge in [-0.3, -0.25) is 9.36 Å². The van der Waals surface area contributed by atoms with Crippen molar-refractivity contribution in [1.82, 2.24) is 18.7 Å².